The lowest BCUT2D eigenvalue weighted by atomic mass is 10.2. The van der Waals surface area contributed by atoms with Crippen molar-refractivity contribution in [2.45, 2.75) is 32.2 Å². The molecule has 0 aromatic rings. The highest BCUT2D eigenvalue weighted by molar-refractivity contribution is 8.14. The summed E-state index contributed by atoms with van der Waals surface area (Å²) in [6.45, 7) is 1.10. The Balaban J connectivity index is 1.48. The summed E-state index contributed by atoms with van der Waals surface area (Å²) in [4.78, 5) is 62.7. The van der Waals surface area contributed by atoms with Gasteiger partial charge < -0.3 is 20.7 Å². The lowest BCUT2D eigenvalue weighted by Gasteiger charge is -2.13. The van der Waals surface area contributed by atoms with E-state index in [1.54, 1.807) is 18.7 Å². The number of unbranched alkanes of at least 4 members (excludes halogenated alkanes) is 1. The first-order valence-corrected chi connectivity index (χ1v) is 10.8. The number of ether oxygens (including phenoxy) is 1. The third-order valence-corrected chi connectivity index (χ3v) is 5.05. The number of thioether (sulfide) groups is 1. The zero-order chi connectivity index (χ0) is 22.5. The standard InChI is InChI=1S/C18H25N7O5S/c1-2-30-15(29)9-21-14(28)8-20-13(27)7-19-12(26)5-3-4-6-31-18-16-17(23-10-22-16)24-11-25-18/h10-11,16H,2-9H2,1H3,(H,19,26)(H,20,27)(H,21,28). The van der Waals surface area contributed by atoms with Crippen molar-refractivity contribution in [3.05, 3.63) is 0 Å². The van der Waals surface area contributed by atoms with Gasteiger partial charge in [0.2, 0.25) is 17.7 Å². The quantitative estimate of drug-likeness (QED) is 0.256. The molecule has 12 nitrogen and oxygen atoms in total. The zero-order valence-corrected chi connectivity index (χ0v) is 17.9. The highest BCUT2D eigenvalue weighted by atomic mass is 32.2. The van der Waals surface area contributed by atoms with E-state index in [4.69, 9.17) is 0 Å². The van der Waals surface area contributed by atoms with E-state index in [1.165, 1.54) is 12.7 Å². The molecule has 1 unspecified atom stereocenters. The number of hydrogen-bond acceptors (Lipinski definition) is 10. The minimum atomic E-state index is -0.556. The van der Waals surface area contributed by atoms with Gasteiger partial charge in [-0.15, -0.1) is 11.8 Å². The average molecular weight is 452 g/mol. The molecule has 0 aromatic carbocycles. The number of amides is 3. The minimum Gasteiger partial charge on any atom is -0.465 e. The fourth-order valence-corrected chi connectivity index (χ4v) is 3.43. The molecule has 2 aliphatic heterocycles. The van der Waals surface area contributed by atoms with Gasteiger partial charge in [-0.25, -0.2) is 15.0 Å². The monoisotopic (exact) mass is 451 g/mol. The molecule has 2 rings (SSSR count). The van der Waals surface area contributed by atoms with Crippen LogP contribution in [0.4, 0.5) is 0 Å². The number of nitrogens with zero attached hydrogens (tertiary/aromatic N) is 4. The van der Waals surface area contributed by atoms with Crippen LogP contribution < -0.4 is 16.0 Å². The number of nitrogens with one attached hydrogen (secondary N) is 3. The van der Waals surface area contributed by atoms with Crippen molar-refractivity contribution >= 4 is 59.0 Å². The summed E-state index contributed by atoms with van der Waals surface area (Å²) in [6.07, 6.45) is 4.69. The van der Waals surface area contributed by atoms with Crippen LogP contribution in [0, 0.1) is 0 Å². The van der Waals surface area contributed by atoms with Gasteiger partial charge in [-0.3, -0.25) is 24.2 Å². The molecule has 0 saturated carbocycles. The largest absolute Gasteiger partial charge is 0.465 e. The maximum atomic E-state index is 11.8. The number of carbonyl (C=O) groups is 4. The Morgan fingerprint density at radius 1 is 0.968 bits per heavy atom. The van der Waals surface area contributed by atoms with E-state index in [0.717, 1.165) is 17.2 Å². The van der Waals surface area contributed by atoms with Crippen LogP contribution in [0.5, 0.6) is 0 Å². The summed E-state index contributed by atoms with van der Waals surface area (Å²) >= 11 is 1.56. The molecule has 0 aliphatic carbocycles. The molecule has 0 aromatic heterocycles. The Bertz CT molecular complexity index is 809. The Morgan fingerprint density at radius 3 is 2.42 bits per heavy atom. The van der Waals surface area contributed by atoms with Gasteiger partial charge in [-0.1, -0.05) is 0 Å². The summed E-state index contributed by atoms with van der Waals surface area (Å²) in [6, 6.07) is -0.205. The smallest absolute Gasteiger partial charge is 0.325 e. The summed E-state index contributed by atoms with van der Waals surface area (Å²) in [5.41, 5.74) is 0. The first-order valence-electron chi connectivity index (χ1n) is 9.77. The molecule has 0 fully saturated rings. The Kier molecular flexibility index (Phi) is 10.3. The van der Waals surface area contributed by atoms with Gasteiger partial charge in [0.15, 0.2) is 11.9 Å². The van der Waals surface area contributed by atoms with Crippen molar-refractivity contribution in [2.24, 2.45) is 20.0 Å². The van der Waals surface area contributed by atoms with Crippen LogP contribution in [0.15, 0.2) is 20.0 Å². The lowest BCUT2D eigenvalue weighted by Crippen LogP contribution is -2.43. The molecule has 3 N–H and O–H groups in total. The van der Waals surface area contributed by atoms with Gasteiger partial charge >= 0.3 is 5.97 Å². The number of hydrogen-bond donors (Lipinski definition) is 3. The van der Waals surface area contributed by atoms with Gasteiger partial charge in [0.25, 0.3) is 0 Å². The Hall–Kier alpha value is -3.09. The Labute approximate surface area is 183 Å². The summed E-state index contributed by atoms with van der Waals surface area (Å²) in [7, 11) is 0. The molecule has 0 spiro atoms. The lowest BCUT2D eigenvalue weighted by molar-refractivity contribution is -0.143. The maximum absolute atomic E-state index is 11.8. The van der Waals surface area contributed by atoms with Crippen molar-refractivity contribution in [3.8, 4) is 0 Å². The third kappa shape index (κ3) is 9.07. The number of rotatable bonds is 12. The predicted molar refractivity (Wildman–Crippen MR) is 118 cm³/mol. The van der Waals surface area contributed by atoms with Gasteiger partial charge in [0.05, 0.1) is 19.7 Å². The normalized spacial score (nSPS) is 16.1. The number of fused-ring (bicyclic) bond motifs is 1. The van der Waals surface area contributed by atoms with Crippen molar-refractivity contribution in [3.63, 3.8) is 0 Å². The molecule has 31 heavy (non-hydrogen) atoms. The summed E-state index contributed by atoms with van der Waals surface area (Å²) in [5, 5.41) is 8.02. The fourth-order valence-electron chi connectivity index (χ4n) is 2.42. The van der Waals surface area contributed by atoms with Crippen molar-refractivity contribution in [1.82, 2.24) is 16.0 Å². The van der Waals surface area contributed by atoms with Crippen LogP contribution >= 0.6 is 11.8 Å². The molecule has 13 heteroatoms. The SMILES string of the molecule is CCOC(=O)CNC(=O)CNC(=O)CNC(=O)CCCCSC1=NC=NC2=NC=NC21. The molecule has 1 atom stereocenters. The average Bonchev–Trinajstić information content (AvgIpc) is 3.24. The van der Waals surface area contributed by atoms with E-state index in [2.05, 4.69) is 40.7 Å². The second-order valence-electron chi connectivity index (χ2n) is 6.31. The number of esters is 1. The van der Waals surface area contributed by atoms with E-state index >= 15 is 0 Å². The van der Waals surface area contributed by atoms with E-state index < -0.39 is 17.8 Å². The van der Waals surface area contributed by atoms with Crippen LogP contribution in [0.25, 0.3) is 0 Å². The van der Waals surface area contributed by atoms with Crippen molar-refractivity contribution in [2.75, 3.05) is 32.0 Å². The van der Waals surface area contributed by atoms with Crippen LogP contribution in [-0.2, 0) is 23.9 Å². The molecule has 168 valence electrons. The van der Waals surface area contributed by atoms with Gasteiger partial charge in [0, 0.05) is 6.42 Å². The first kappa shape index (κ1) is 24.2. The molecule has 2 aliphatic rings. The highest BCUT2D eigenvalue weighted by Gasteiger charge is 2.26. The summed E-state index contributed by atoms with van der Waals surface area (Å²) < 4.78 is 4.67. The van der Waals surface area contributed by atoms with Gasteiger partial charge in [-0.05, 0) is 25.5 Å². The molecule has 2 heterocycles. The summed E-state index contributed by atoms with van der Waals surface area (Å²) in [5.74, 6) is -0.405. The first-order chi connectivity index (χ1) is 15.0. The number of carbonyl (C=O) groups excluding carboxylic acids is 4. The molecule has 0 bridgehead atoms. The molecule has 0 saturated heterocycles. The van der Waals surface area contributed by atoms with E-state index in [1.807, 2.05) is 0 Å². The maximum Gasteiger partial charge on any atom is 0.325 e. The van der Waals surface area contributed by atoms with Crippen molar-refractivity contribution in [1.29, 1.82) is 0 Å². The van der Waals surface area contributed by atoms with E-state index in [0.29, 0.717) is 12.3 Å². The van der Waals surface area contributed by atoms with Gasteiger partial charge in [0.1, 0.15) is 24.3 Å². The van der Waals surface area contributed by atoms with Crippen molar-refractivity contribution < 1.29 is 23.9 Å². The highest BCUT2D eigenvalue weighted by Crippen LogP contribution is 2.19. The van der Waals surface area contributed by atoms with E-state index in [9.17, 15) is 19.2 Å². The second kappa shape index (κ2) is 13.3. The van der Waals surface area contributed by atoms with Crippen LogP contribution in [0.3, 0.4) is 0 Å². The molecule has 0 radical (unpaired) electrons. The molecular weight excluding hydrogens is 426 g/mol. The topological polar surface area (TPSA) is 163 Å². The molecule has 3 amide bonds. The Morgan fingerprint density at radius 2 is 1.68 bits per heavy atom. The second-order valence-corrected chi connectivity index (χ2v) is 7.42. The van der Waals surface area contributed by atoms with Crippen LogP contribution in [-0.4, -0.2) is 85.3 Å². The number of aliphatic imine (C=N–C) groups is 4. The van der Waals surface area contributed by atoms with Crippen LogP contribution in [0.1, 0.15) is 26.2 Å². The van der Waals surface area contributed by atoms with E-state index in [-0.39, 0.29) is 44.6 Å². The van der Waals surface area contributed by atoms with Gasteiger partial charge in [-0.2, -0.15) is 0 Å². The fraction of sp³-hybridized carbons (Fsp3) is 0.556. The minimum absolute atomic E-state index is 0.205. The number of amidine groups is 1. The molecular formula is C18H25N7O5S. The predicted octanol–water partition coefficient (Wildman–Crippen LogP) is -0.949. The van der Waals surface area contributed by atoms with Crippen LogP contribution in [0.2, 0.25) is 0 Å². The third-order valence-electron chi connectivity index (χ3n) is 3.93. The zero-order valence-electron chi connectivity index (χ0n) is 17.1.